The molecule has 1 nitrogen and oxygen atoms in total. The summed E-state index contributed by atoms with van der Waals surface area (Å²) < 4.78 is 38.2. The van der Waals surface area contributed by atoms with Crippen molar-refractivity contribution in [3.05, 3.63) is 35.1 Å². The lowest BCUT2D eigenvalue weighted by molar-refractivity contribution is 0.0979. The first kappa shape index (κ1) is 12.3. The van der Waals surface area contributed by atoms with Crippen LogP contribution in [0.1, 0.15) is 29.6 Å². The number of ketones is 1. The Hall–Kier alpha value is -1.76. The third-order valence-electron chi connectivity index (χ3n) is 2.03. The predicted molar refractivity (Wildman–Crippen MR) is 53.3 cm³/mol. The smallest absolute Gasteiger partial charge is 0.194 e. The van der Waals surface area contributed by atoms with Crippen molar-refractivity contribution in [1.29, 1.82) is 0 Å². The molecule has 0 aliphatic rings. The number of rotatable bonds is 4. The molecule has 0 aliphatic heterocycles. The monoisotopic (exact) mass is 226 g/mol. The highest BCUT2D eigenvalue weighted by Gasteiger charge is 2.14. The Morgan fingerprint density at radius 2 is 1.81 bits per heavy atom. The van der Waals surface area contributed by atoms with Crippen molar-refractivity contribution < 1.29 is 18.0 Å². The van der Waals surface area contributed by atoms with Crippen LogP contribution >= 0.6 is 0 Å². The summed E-state index contributed by atoms with van der Waals surface area (Å²) in [7, 11) is 0. The van der Waals surface area contributed by atoms with Gasteiger partial charge in [0.15, 0.2) is 23.2 Å². The van der Waals surface area contributed by atoms with E-state index >= 15 is 0 Å². The molecule has 16 heavy (non-hydrogen) atoms. The number of unbranched alkanes of at least 4 members (excludes halogenated alkanes) is 1. The van der Waals surface area contributed by atoms with Crippen molar-refractivity contribution in [3.63, 3.8) is 0 Å². The van der Waals surface area contributed by atoms with Crippen LogP contribution in [0.25, 0.3) is 0 Å². The first-order valence-corrected chi connectivity index (χ1v) is 4.67. The van der Waals surface area contributed by atoms with Gasteiger partial charge in [0.2, 0.25) is 0 Å². The van der Waals surface area contributed by atoms with Crippen LogP contribution in [0, 0.1) is 29.8 Å². The zero-order chi connectivity index (χ0) is 12.1. The number of terminal acetylenes is 1. The van der Waals surface area contributed by atoms with E-state index in [0.717, 1.165) is 0 Å². The third kappa shape index (κ3) is 2.86. The van der Waals surface area contributed by atoms with E-state index in [4.69, 9.17) is 6.42 Å². The molecule has 0 saturated carbocycles. The van der Waals surface area contributed by atoms with E-state index in [9.17, 15) is 18.0 Å². The second-order valence-electron chi connectivity index (χ2n) is 3.23. The van der Waals surface area contributed by atoms with E-state index in [-0.39, 0.29) is 12.0 Å². The summed E-state index contributed by atoms with van der Waals surface area (Å²) in [5.41, 5.74) is -0.173. The van der Waals surface area contributed by atoms with E-state index in [1.807, 2.05) is 0 Å². The number of benzene rings is 1. The van der Waals surface area contributed by atoms with Crippen molar-refractivity contribution in [2.75, 3.05) is 0 Å². The van der Waals surface area contributed by atoms with Crippen LogP contribution in [-0.2, 0) is 0 Å². The number of halogens is 3. The van der Waals surface area contributed by atoms with Gasteiger partial charge in [0.05, 0.1) is 0 Å². The molecule has 0 N–H and O–H groups in total. The standard InChI is InChI=1S/C12H9F3O/c1-2-3-4-5-11(16)8-6-9(13)12(15)10(14)7-8/h1,6-7H,3-5H2. The molecule has 0 aromatic heterocycles. The summed E-state index contributed by atoms with van der Waals surface area (Å²) in [6, 6.07) is 1.38. The molecular formula is C12H9F3O. The van der Waals surface area contributed by atoms with Crippen LogP contribution < -0.4 is 0 Å². The van der Waals surface area contributed by atoms with Crippen molar-refractivity contribution in [2.45, 2.75) is 19.3 Å². The van der Waals surface area contributed by atoms with E-state index in [1.54, 1.807) is 0 Å². The van der Waals surface area contributed by atoms with Gasteiger partial charge in [0.25, 0.3) is 0 Å². The van der Waals surface area contributed by atoms with Gasteiger partial charge in [0, 0.05) is 18.4 Å². The van der Waals surface area contributed by atoms with Crippen LogP contribution in [0.2, 0.25) is 0 Å². The topological polar surface area (TPSA) is 17.1 Å². The molecule has 0 aliphatic carbocycles. The molecule has 0 bridgehead atoms. The summed E-state index contributed by atoms with van der Waals surface area (Å²) in [4.78, 5) is 11.4. The van der Waals surface area contributed by atoms with Crippen LogP contribution in [-0.4, -0.2) is 5.78 Å². The van der Waals surface area contributed by atoms with Gasteiger partial charge in [0.1, 0.15) is 0 Å². The number of Topliss-reactive ketones (excluding diaryl/α,β-unsaturated/α-hetero) is 1. The van der Waals surface area contributed by atoms with E-state index < -0.39 is 23.2 Å². The average Bonchev–Trinajstić information content (AvgIpc) is 2.25. The van der Waals surface area contributed by atoms with Gasteiger partial charge in [-0.15, -0.1) is 12.3 Å². The maximum absolute atomic E-state index is 12.8. The summed E-state index contributed by atoms with van der Waals surface area (Å²) in [5.74, 6) is -2.40. The second kappa shape index (κ2) is 5.36. The fraction of sp³-hybridized carbons (Fsp3) is 0.250. The lowest BCUT2D eigenvalue weighted by atomic mass is 10.1. The summed E-state index contributed by atoms with van der Waals surface area (Å²) >= 11 is 0. The van der Waals surface area contributed by atoms with Gasteiger partial charge in [-0.25, -0.2) is 13.2 Å². The van der Waals surface area contributed by atoms with Gasteiger partial charge in [-0.3, -0.25) is 4.79 Å². The minimum Gasteiger partial charge on any atom is -0.294 e. The van der Waals surface area contributed by atoms with E-state index in [1.165, 1.54) is 0 Å². The van der Waals surface area contributed by atoms with Crippen molar-refractivity contribution >= 4 is 5.78 Å². The molecule has 0 atom stereocenters. The molecule has 0 radical (unpaired) electrons. The first-order valence-electron chi connectivity index (χ1n) is 4.67. The molecule has 84 valence electrons. The Kier molecular flexibility index (Phi) is 4.12. The Bertz CT molecular complexity index is 423. The molecule has 1 aromatic carbocycles. The van der Waals surface area contributed by atoms with Crippen molar-refractivity contribution in [1.82, 2.24) is 0 Å². The molecule has 1 aromatic rings. The Morgan fingerprint density at radius 3 is 2.31 bits per heavy atom. The maximum Gasteiger partial charge on any atom is 0.194 e. The minimum absolute atomic E-state index is 0.0920. The summed E-state index contributed by atoms with van der Waals surface area (Å²) in [5, 5.41) is 0. The van der Waals surface area contributed by atoms with Gasteiger partial charge < -0.3 is 0 Å². The summed E-state index contributed by atoms with van der Waals surface area (Å²) in [6.45, 7) is 0. The molecule has 0 heterocycles. The fourth-order valence-corrected chi connectivity index (χ4v) is 1.21. The van der Waals surface area contributed by atoms with Crippen molar-refractivity contribution in [2.24, 2.45) is 0 Å². The lowest BCUT2D eigenvalue weighted by Crippen LogP contribution is -2.02. The average molecular weight is 226 g/mol. The Morgan fingerprint density at radius 1 is 1.25 bits per heavy atom. The molecule has 0 unspecified atom stereocenters. The lowest BCUT2D eigenvalue weighted by Gasteiger charge is -2.01. The minimum atomic E-state index is -1.57. The van der Waals surface area contributed by atoms with Gasteiger partial charge in [-0.2, -0.15) is 0 Å². The fourth-order valence-electron chi connectivity index (χ4n) is 1.21. The Labute approximate surface area is 91.3 Å². The van der Waals surface area contributed by atoms with Crippen LogP contribution in [0.4, 0.5) is 13.2 Å². The zero-order valence-corrected chi connectivity index (χ0v) is 8.40. The molecule has 0 amide bonds. The highest BCUT2D eigenvalue weighted by atomic mass is 19.2. The van der Waals surface area contributed by atoms with Crippen LogP contribution in [0.15, 0.2) is 12.1 Å². The number of hydrogen-bond acceptors (Lipinski definition) is 1. The van der Waals surface area contributed by atoms with Crippen molar-refractivity contribution in [3.8, 4) is 12.3 Å². The molecule has 0 fully saturated rings. The van der Waals surface area contributed by atoms with Crippen LogP contribution in [0.3, 0.4) is 0 Å². The van der Waals surface area contributed by atoms with Gasteiger partial charge in [-0.05, 0) is 18.6 Å². The predicted octanol–water partition coefficient (Wildman–Crippen LogP) is 3.09. The zero-order valence-electron chi connectivity index (χ0n) is 8.40. The van der Waals surface area contributed by atoms with Gasteiger partial charge in [-0.1, -0.05) is 0 Å². The molecule has 0 saturated heterocycles. The SMILES string of the molecule is C#CCCCC(=O)c1cc(F)c(F)c(F)c1. The number of hydrogen-bond donors (Lipinski definition) is 0. The number of carbonyl (C=O) groups is 1. The van der Waals surface area contributed by atoms with E-state index in [2.05, 4.69) is 5.92 Å². The first-order chi connectivity index (χ1) is 7.56. The van der Waals surface area contributed by atoms with E-state index in [0.29, 0.717) is 25.0 Å². The Balaban J connectivity index is 2.81. The molecule has 0 spiro atoms. The highest BCUT2D eigenvalue weighted by molar-refractivity contribution is 5.96. The third-order valence-corrected chi connectivity index (χ3v) is 2.03. The molecular weight excluding hydrogens is 217 g/mol. The normalized spacial score (nSPS) is 9.88. The molecule has 4 heteroatoms. The molecule has 1 rings (SSSR count). The highest BCUT2D eigenvalue weighted by Crippen LogP contribution is 2.15. The number of carbonyl (C=O) groups excluding carboxylic acids is 1. The second-order valence-corrected chi connectivity index (χ2v) is 3.23. The van der Waals surface area contributed by atoms with Crippen LogP contribution in [0.5, 0.6) is 0 Å². The maximum atomic E-state index is 12.8. The summed E-state index contributed by atoms with van der Waals surface area (Å²) in [6.07, 6.45) is 5.94. The largest absolute Gasteiger partial charge is 0.294 e. The quantitative estimate of drug-likeness (QED) is 0.333. The van der Waals surface area contributed by atoms with Gasteiger partial charge >= 0.3 is 0 Å².